The van der Waals surface area contributed by atoms with Crippen LogP contribution in [0.5, 0.6) is 0 Å². The summed E-state index contributed by atoms with van der Waals surface area (Å²) in [7, 11) is -3.56. The minimum atomic E-state index is -3.56. The SMILES string of the molecule is CC(O)C1CCCN(c2ccc(S(=O)(=O)N(C(C)C)C(C)C)cn2)C1. The molecule has 142 valence electrons. The molecular formula is C18H31N3O3S. The van der Waals surface area contributed by atoms with Crippen molar-refractivity contribution >= 4 is 15.8 Å². The number of anilines is 1. The number of hydrogen-bond donors (Lipinski definition) is 1. The Morgan fingerprint density at radius 1 is 1.20 bits per heavy atom. The lowest BCUT2D eigenvalue weighted by Gasteiger charge is -2.35. The first kappa shape index (κ1) is 20.1. The smallest absolute Gasteiger partial charge is 0.245 e. The molecule has 7 heteroatoms. The van der Waals surface area contributed by atoms with E-state index in [0.29, 0.717) is 0 Å². The molecule has 1 saturated heterocycles. The molecule has 0 radical (unpaired) electrons. The van der Waals surface area contributed by atoms with Crippen LogP contribution >= 0.6 is 0 Å². The molecule has 2 unspecified atom stereocenters. The Bertz CT molecular complexity index is 649. The molecule has 0 aliphatic carbocycles. The first-order chi connectivity index (χ1) is 11.6. The van der Waals surface area contributed by atoms with Gasteiger partial charge in [0.15, 0.2) is 0 Å². The lowest BCUT2D eigenvalue weighted by molar-refractivity contribution is 0.115. The molecule has 25 heavy (non-hydrogen) atoms. The highest BCUT2D eigenvalue weighted by molar-refractivity contribution is 7.89. The third-order valence-corrected chi connectivity index (χ3v) is 7.01. The molecule has 1 aliphatic rings. The van der Waals surface area contributed by atoms with Gasteiger partial charge in [0.1, 0.15) is 10.7 Å². The van der Waals surface area contributed by atoms with Gasteiger partial charge in [-0.3, -0.25) is 0 Å². The number of aliphatic hydroxyl groups excluding tert-OH is 1. The largest absolute Gasteiger partial charge is 0.393 e. The monoisotopic (exact) mass is 369 g/mol. The van der Waals surface area contributed by atoms with Gasteiger partial charge < -0.3 is 10.0 Å². The zero-order valence-corrected chi connectivity index (χ0v) is 16.7. The summed E-state index contributed by atoms with van der Waals surface area (Å²) in [5, 5.41) is 9.83. The summed E-state index contributed by atoms with van der Waals surface area (Å²) in [6.07, 6.45) is 3.13. The maximum absolute atomic E-state index is 12.9. The van der Waals surface area contributed by atoms with Gasteiger partial charge in [-0.25, -0.2) is 13.4 Å². The second-order valence-corrected chi connectivity index (χ2v) is 9.31. The van der Waals surface area contributed by atoms with Crippen LogP contribution in [-0.2, 0) is 10.0 Å². The Morgan fingerprint density at radius 2 is 1.84 bits per heavy atom. The molecule has 6 nitrogen and oxygen atoms in total. The van der Waals surface area contributed by atoms with Gasteiger partial charge in [-0.2, -0.15) is 4.31 Å². The molecule has 1 aromatic rings. The summed E-state index contributed by atoms with van der Waals surface area (Å²) in [6, 6.07) is 3.19. The van der Waals surface area contributed by atoms with Crippen molar-refractivity contribution in [3.05, 3.63) is 18.3 Å². The van der Waals surface area contributed by atoms with E-state index in [1.165, 1.54) is 10.5 Å². The Kier molecular flexibility index (Phi) is 6.45. The number of hydrogen-bond acceptors (Lipinski definition) is 5. The van der Waals surface area contributed by atoms with Crippen molar-refractivity contribution in [1.82, 2.24) is 9.29 Å². The van der Waals surface area contributed by atoms with Crippen LogP contribution in [0.25, 0.3) is 0 Å². The molecule has 0 amide bonds. The standard InChI is InChI=1S/C18H31N3O3S/c1-13(2)21(14(3)4)25(23,24)17-8-9-18(19-11-17)20-10-6-7-16(12-20)15(5)22/h8-9,11,13-16,22H,6-7,10,12H2,1-5H3. The Hall–Kier alpha value is -1.18. The Labute approximate surface area is 151 Å². The number of piperidine rings is 1. The second kappa shape index (κ2) is 8.01. The topological polar surface area (TPSA) is 73.7 Å². The van der Waals surface area contributed by atoms with Crippen LogP contribution in [0.2, 0.25) is 0 Å². The van der Waals surface area contributed by atoms with Gasteiger partial charge >= 0.3 is 0 Å². The predicted octanol–water partition coefficient (Wildman–Crippen LogP) is 2.49. The first-order valence-corrected chi connectivity index (χ1v) is 10.5. The zero-order chi connectivity index (χ0) is 18.8. The summed E-state index contributed by atoms with van der Waals surface area (Å²) in [6.45, 7) is 11.0. The van der Waals surface area contributed by atoms with E-state index in [4.69, 9.17) is 0 Å². The molecule has 1 fully saturated rings. The van der Waals surface area contributed by atoms with E-state index in [2.05, 4.69) is 9.88 Å². The minimum Gasteiger partial charge on any atom is -0.393 e. The van der Waals surface area contributed by atoms with E-state index in [0.717, 1.165) is 31.7 Å². The van der Waals surface area contributed by atoms with Crippen LogP contribution < -0.4 is 4.90 Å². The highest BCUT2D eigenvalue weighted by Gasteiger charge is 2.30. The van der Waals surface area contributed by atoms with Crippen LogP contribution in [0, 0.1) is 5.92 Å². The van der Waals surface area contributed by atoms with Gasteiger partial charge in [0.2, 0.25) is 10.0 Å². The molecule has 2 rings (SSSR count). The third kappa shape index (κ3) is 4.51. The summed E-state index contributed by atoms with van der Waals surface area (Å²) in [4.78, 5) is 6.75. The van der Waals surface area contributed by atoms with Crippen molar-refractivity contribution in [3.63, 3.8) is 0 Å². The summed E-state index contributed by atoms with van der Waals surface area (Å²) in [5.74, 6) is 1.00. The van der Waals surface area contributed by atoms with Crippen LogP contribution in [0.3, 0.4) is 0 Å². The van der Waals surface area contributed by atoms with Gasteiger partial charge in [0.05, 0.1) is 6.10 Å². The molecule has 0 spiro atoms. The van der Waals surface area contributed by atoms with Crippen molar-refractivity contribution in [2.24, 2.45) is 5.92 Å². The maximum atomic E-state index is 12.9. The van der Waals surface area contributed by atoms with Crippen molar-refractivity contribution in [2.75, 3.05) is 18.0 Å². The summed E-state index contributed by atoms with van der Waals surface area (Å²) < 4.78 is 27.3. The number of rotatable bonds is 6. The molecule has 1 aromatic heterocycles. The van der Waals surface area contributed by atoms with Crippen molar-refractivity contribution < 1.29 is 13.5 Å². The highest BCUT2D eigenvalue weighted by atomic mass is 32.2. The molecule has 2 heterocycles. The number of sulfonamides is 1. The van der Waals surface area contributed by atoms with E-state index < -0.39 is 10.0 Å². The molecule has 0 saturated carbocycles. The number of aliphatic hydroxyl groups is 1. The van der Waals surface area contributed by atoms with Gasteiger partial charge in [-0.05, 0) is 59.6 Å². The average molecular weight is 370 g/mol. The van der Waals surface area contributed by atoms with E-state index in [-0.39, 0.29) is 29.0 Å². The fourth-order valence-corrected chi connectivity index (χ4v) is 5.38. The second-order valence-electron chi connectivity index (χ2n) is 7.46. The first-order valence-electron chi connectivity index (χ1n) is 9.07. The number of pyridine rings is 1. The molecular weight excluding hydrogens is 338 g/mol. The van der Waals surface area contributed by atoms with Gasteiger partial charge in [0.25, 0.3) is 0 Å². The quantitative estimate of drug-likeness (QED) is 0.834. The average Bonchev–Trinajstić information content (AvgIpc) is 2.54. The lowest BCUT2D eigenvalue weighted by Crippen LogP contribution is -2.42. The van der Waals surface area contributed by atoms with Crippen molar-refractivity contribution in [2.45, 2.75) is 70.5 Å². The number of aromatic nitrogens is 1. The molecule has 1 aliphatic heterocycles. The van der Waals surface area contributed by atoms with E-state index >= 15 is 0 Å². The van der Waals surface area contributed by atoms with E-state index in [1.807, 2.05) is 34.6 Å². The highest BCUT2D eigenvalue weighted by Crippen LogP contribution is 2.26. The lowest BCUT2D eigenvalue weighted by atomic mass is 9.93. The van der Waals surface area contributed by atoms with Crippen molar-refractivity contribution in [1.29, 1.82) is 0 Å². The van der Waals surface area contributed by atoms with Gasteiger partial charge in [0, 0.05) is 37.3 Å². The molecule has 2 atom stereocenters. The van der Waals surface area contributed by atoms with Gasteiger partial charge in [-0.15, -0.1) is 0 Å². The number of nitrogens with zero attached hydrogens (tertiary/aromatic N) is 3. The fraction of sp³-hybridized carbons (Fsp3) is 0.722. The minimum absolute atomic E-state index is 0.112. The summed E-state index contributed by atoms with van der Waals surface area (Å²) >= 11 is 0. The normalized spacial score (nSPS) is 20.5. The predicted molar refractivity (Wildman–Crippen MR) is 100 cm³/mol. The van der Waals surface area contributed by atoms with E-state index in [9.17, 15) is 13.5 Å². The molecule has 0 aromatic carbocycles. The van der Waals surface area contributed by atoms with E-state index in [1.54, 1.807) is 12.1 Å². The van der Waals surface area contributed by atoms with Crippen LogP contribution in [0.1, 0.15) is 47.5 Å². The third-order valence-electron chi connectivity index (χ3n) is 4.78. The summed E-state index contributed by atoms with van der Waals surface area (Å²) in [5.41, 5.74) is 0. The van der Waals surface area contributed by atoms with Crippen LogP contribution in [0.15, 0.2) is 23.2 Å². The maximum Gasteiger partial charge on any atom is 0.245 e. The Balaban J connectivity index is 2.22. The van der Waals surface area contributed by atoms with Crippen LogP contribution in [0.4, 0.5) is 5.82 Å². The van der Waals surface area contributed by atoms with Crippen LogP contribution in [-0.4, -0.2) is 54.1 Å². The van der Waals surface area contributed by atoms with Crippen molar-refractivity contribution in [3.8, 4) is 0 Å². The fourth-order valence-electron chi connectivity index (χ4n) is 3.60. The molecule has 0 bridgehead atoms. The Morgan fingerprint density at radius 3 is 2.32 bits per heavy atom. The zero-order valence-electron chi connectivity index (χ0n) is 15.9. The van der Waals surface area contributed by atoms with Gasteiger partial charge in [-0.1, -0.05) is 0 Å². The molecule has 1 N–H and O–H groups in total.